The molecule has 1 aliphatic carbocycles. The third-order valence-corrected chi connectivity index (χ3v) is 5.64. The second kappa shape index (κ2) is 8.17. The number of rotatable bonds is 6. The van der Waals surface area contributed by atoms with Crippen molar-refractivity contribution < 1.29 is 9.90 Å². The Morgan fingerprint density at radius 2 is 2.08 bits per heavy atom. The summed E-state index contributed by atoms with van der Waals surface area (Å²) in [6.45, 7) is 0.594. The van der Waals surface area contributed by atoms with Crippen LogP contribution in [0.1, 0.15) is 44.9 Å². The molecule has 3 rings (SSSR count). The largest absolute Gasteiger partial charge is 0.395 e. The number of aliphatic hydroxyl groups is 1. The van der Waals surface area contributed by atoms with Gasteiger partial charge in [-0.1, -0.05) is 54.1 Å². The number of carbonyl (C=O) groups is 1. The standard InChI is InChI=1S/C19H25BrN2O2/c20-15-7-4-8-17-19(15)16(13-22(17)11-12-23)21-18(24)10-9-14-5-2-1-3-6-14/h4,7-8,13-14,23H,1-3,5-6,9-12H2,(H,21,24). The highest BCUT2D eigenvalue weighted by Crippen LogP contribution is 2.33. The van der Waals surface area contributed by atoms with Crippen molar-refractivity contribution in [3.8, 4) is 0 Å². The summed E-state index contributed by atoms with van der Waals surface area (Å²) in [5.74, 6) is 0.798. The lowest BCUT2D eigenvalue weighted by molar-refractivity contribution is -0.116. The van der Waals surface area contributed by atoms with E-state index in [2.05, 4.69) is 21.2 Å². The van der Waals surface area contributed by atoms with E-state index in [9.17, 15) is 9.90 Å². The number of hydrogen-bond donors (Lipinski definition) is 2. The predicted molar refractivity (Wildman–Crippen MR) is 101 cm³/mol. The van der Waals surface area contributed by atoms with Gasteiger partial charge in [0, 0.05) is 29.0 Å². The Hall–Kier alpha value is -1.33. The summed E-state index contributed by atoms with van der Waals surface area (Å²) >= 11 is 3.58. The molecule has 0 saturated heterocycles. The molecule has 0 radical (unpaired) electrons. The van der Waals surface area contributed by atoms with Gasteiger partial charge in [0.2, 0.25) is 5.91 Å². The third kappa shape index (κ3) is 4.01. The van der Waals surface area contributed by atoms with Crippen LogP contribution in [-0.4, -0.2) is 22.2 Å². The van der Waals surface area contributed by atoms with E-state index in [4.69, 9.17) is 0 Å². The van der Waals surface area contributed by atoms with Crippen LogP contribution >= 0.6 is 15.9 Å². The molecular weight excluding hydrogens is 368 g/mol. The molecule has 1 aliphatic rings. The van der Waals surface area contributed by atoms with E-state index >= 15 is 0 Å². The summed E-state index contributed by atoms with van der Waals surface area (Å²) in [5.41, 5.74) is 1.83. The van der Waals surface area contributed by atoms with Crippen LogP contribution in [0.5, 0.6) is 0 Å². The average molecular weight is 393 g/mol. The van der Waals surface area contributed by atoms with E-state index in [1.807, 2.05) is 29.0 Å². The van der Waals surface area contributed by atoms with Crippen molar-refractivity contribution >= 4 is 38.4 Å². The van der Waals surface area contributed by atoms with E-state index in [-0.39, 0.29) is 12.5 Å². The topological polar surface area (TPSA) is 54.3 Å². The Bertz CT molecular complexity index is 705. The number of nitrogens with one attached hydrogen (secondary N) is 1. The van der Waals surface area contributed by atoms with Crippen LogP contribution in [0.25, 0.3) is 10.9 Å². The lowest BCUT2D eigenvalue weighted by Crippen LogP contribution is -2.14. The number of aliphatic hydroxyl groups excluding tert-OH is 1. The van der Waals surface area contributed by atoms with Gasteiger partial charge in [0.25, 0.3) is 0 Å². The van der Waals surface area contributed by atoms with E-state index in [0.717, 1.165) is 27.5 Å². The van der Waals surface area contributed by atoms with Crippen LogP contribution < -0.4 is 5.32 Å². The van der Waals surface area contributed by atoms with Crippen LogP contribution in [0.4, 0.5) is 5.69 Å². The maximum atomic E-state index is 12.4. The number of anilines is 1. The molecule has 4 nitrogen and oxygen atoms in total. The molecule has 0 bridgehead atoms. The van der Waals surface area contributed by atoms with Crippen LogP contribution in [0.3, 0.4) is 0 Å². The zero-order valence-corrected chi connectivity index (χ0v) is 15.5. The minimum absolute atomic E-state index is 0.0748. The highest BCUT2D eigenvalue weighted by Gasteiger charge is 2.17. The first-order valence-corrected chi connectivity index (χ1v) is 9.66. The fourth-order valence-electron chi connectivity index (χ4n) is 3.72. The number of fused-ring (bicyclic) bond motifs is 1. The molecule has 1 fully saturated rings. The van der Waals surface area contributed by atoms with E-state index < -0.39 is 0 Å². The Balaban J connectivity index is 1.70. The van der Waals surface area contributed by atoms with Gasteiger partial charge in [-0.05, 0) is 24.5 Å². The van der Waals surface area contributed by atoms with Gasteiger partial charge in [-0.15, -0.1) is 0 Å². The smallest absolute Gasteiger partial charge is 0.224 e. The maximum absolute atomic E-state index is 12.4. The average Bonchev–Trinajstić information content (AvgIpc) is 2.93. The van der Waals surface area contributed by atoms with Gasteiger partial charge in [-0.2, -0.15) is 0 Å². The summed E-state index contributed by atoms with van der Waals surface area (Å²) in [6.07, 6.45) is 10.0. The second-order valence-electron chi connectivity index (χ2n) is 6.68. The maximum Gasteiger partial charge on any atom is 0.224 e. The van der Waals surface area contributed by atoms with E-state index in [0.29, 0.717) is 18.9 Å². The molecule has 0 unspecified atom stereocenters. The molecule has 0 aliphatic heterocycles. The molecule has 1 aromatic heterocycles. The van der Waals surface area contributed by atoms with Gasteiger partial charge in [-0.25, -0.2) is 0 Å². The fraction of sp³-hybridized carbons (Fsp3) is 0.526. The molecule has 1 aromatic carbocycles. The van der Waals surface area contributed by atoms with Gasteiger partial charge in [0.15, 0.2) is 0 Å². The molecular formula is C19H25BrN2O2. The summed E-state index contributed by atoms with van der Waals surface area (Å²) < 4.78 is 2.94. The lowest BCUT2D eigenvalue weighted by Gasteiger charge is -2.20. The van der Waals surface area contributed by atoms with Gasteiger partial charge in [-0.3, -0.25) is 4.79 Å². The van der Waals surface area contributed by atoms with Gasteiger partial charge in [0.05, 0.1) is 17.8 Å². The first-order chi connectivity index (χ1) is 11.7. The van der Waals surface area contributed by atoms with Crippen molar-refractivity contribution in [1.82, 2.24) is 4.57 Å². The highest BCUT2D eigenvalue weighted by molar-refractivity contribution is 9.10. The van der Waals surface area contributed by atoms with E-state index in [1.54, 1.807) is 0 Å². The molecule has 24 heavy (non-hydrogen) atoms. The zero-order valence-electron chi connectivity index (χ0n) is 13.9. The Morgan fingerprint density at radius 1 is 1.29 bits per heavy atom. The number of carbonyl (C=O) groups excluding carboxylic acids is 1. The van der Waals surface area contributed by atoms with Crippen molar-refractivity contribution in [3.63, 3.8) is 0 Å². The molecule has 0 spiro atoms. The van der Waals surface area contributed by atoms with Gasteiger partial charge >= 0.3 is 0 Å². The highest BCUT2D eigenvalue weighted by atomic mass is 79.9. The quantitative estimate of drug-likeness (QED) is 0.748. The molecule has 130 valence electrons. The first-order valence-electron chi connectivity index (χ1n) is 8.87. The van der Waals surface area contributed by atoms with Crippen molar-refractivity contribution in [2.24, 2.45) is 5.92 Å². The number of nitrogens with zero attached hydrogens (tertiary/aromatic N) is 1. The molecule has 1 amide bonds. The Morgan fingerprint density at radius 3 is 2.83 bits per heavy atom. The Kier molecular flexibility index (Phi) is 5.95. The van der Waals surface area contributed by atoms with Gasteiger partial charge in [0.1, 0.15) is 0 Å². The number of benzene rings is 1. The molecule has 1 saturated carbocycles. The lowest BCUT2D eigenvalue weighted by atomic mass is 9.86. The molecule has 5 heteroatoms. The molecule has 1 heterocycles. The number of hydrogen-bond acceptors (Lipinski definition) is 2. The number of aromatic nitrogens is 1. The molecule has 2 N–H and O–H groups in total. The van der Waals surface area contributed by atoms with Crippen molar-refractivity contribution in [2.75, 3.05) is 11.9 Å². The van der Waals surface area contributed by atoms with Crippen molar-refractivity contribution in [1.29, 1.82) is 0 Å². The normalized spacial score (nSPS) is 15.8. The van der Waals surface area contributed by atoms with Crippen LogP contribution in [0.15, 0.2) is 28.9 Å². The van der Waals surface area contributed by atoms with Crippen LogP contribution in [0.2, 0.25) is 0 Å². The minimum atomic E-state index is 0.0748. The van der Waals surface area contributed by atoms with Crippen molar-refractivity contribution in [2.45, 2.75) is 51.5 Å². The number of amides is 1. The summed E-state index contributed by atoms with van der Waals surface area (Å²) in [4.78, 5) is 12.4. The van der Waals surface area contributed by atoms with Gasteiger partial charge < -0.3 is 15.0 Å². The van der Waals surface area contributed by atoms with Crippen molar-refractivity contribution in [3.05, 3.63) is 28.9 Å². The predicted octanol–water partition coefficient (Wildman–Crippen LogP) is 4.70. The SMILES string of the molecule is O=C(CCC1CCCCC1)Nc1cn(CCO)c2cccc(Br)c12. The fourth-order valence-corrected chi connectivity index (χ4v) is 4.29. The second-order valence-corrected chi connectivity index (χ2v) is 7.54. The first kappa shape index (κ1) is 17.5. The van der Waals surface area contributed by atoms with Crippen LogP contribution in [0, 0.1) is 5.92 Å². The summed E-state index contributed by atoms with van der Waals surface area (Å²) in [6, 6.07) is 5.95. The minimum Gasteiger partial charge on any atom is -0.395 e. The summed E-state index contributed by atoms with van der Waals surface area (Å²) in [7, 11) is 0. The zero-order chi connectivity index (χ0) is 16.9. The Labute approximate surface area is 151 Å². The number of halogens is 1. The van der Waals surface area contributed by atoms with E-state index in [1.165, 1.54) is 32.1 Å². The summed E-state index contributed by atoms with van der Waals surface area (Å²) in [5, 5.41) is 13.3. The molecule has 0 atom stereocenters. The monoisotopic (exact) mass is 392 g/mol. The molecule has 2 aromatic rings. The van der Waals surface area contributed by atoms with Crippen LogP contribution in [-0.2, 0) is 11.3 Å². The third-order valence-electron chi connectivity index (χ3n) is 4.97.